The highest BCUT2D eigenvalue weighted by Gasteiger charge is 2.19. The van der Waals surface area contributed by atoms with Crippen molar-refractivity contribution in [1.29, 1.82) is 0 Å². The molecule has 0 spiro atoms. The number of urea groups is 1. The number of hydrogen-bond donors (Lipinski definition) is 2. The molecule has 3 aromatic heterocycles. The normalized spacial score (nSPS) is 14.1. The second-order valence-electron chi connectivity index (χ2n) is 8.48. The summed E-state index contributed by atoms with van der Waals surface area (Å²) < 4.78 is 6.82. The van der Waals surface area contributed by atoms with Gasteiger partial charge in [0, 0.05) is 31.8 Å². The van der Waals surface area contributed by atoms with Crippen LogP contribution in [0.4, 0.5) is 16.4 Å². The SMILES string of the molecule is CC(=O)OC[C@@H](C)n1cnnc1-c1cccc(NC(=O)Nc2cc(C(=O)N3CCCCC3)ccn2)n1. The van der Waals surface area contributed by atoms with Crippen LogP contribution < -0.4 is 10.6 Å². The molecule has 2 N–H and O–H groups in total. The van der Waals surface area contributed by atoms with Gasteiger partial charge in [0.1, 0.15) is 30.3 Å². The van der Waals surface area contributed by atoms with Crippen LogP contribution >= 0.6 is 0 Å². The van der Waals surface area contributed by atoms with Gasteiger partial charge in [0.05, 0.1) is 6.04 Å². The van der Waals surface area contributed by atoms with E-state index in [1.807, 2.05) is 11.8 Å². The lowest BCUT2D eigenvalue weighted by Gasteiger charge is -2.26. The third-order valence-electron chi connectivity index (χ3n) is 5.69. The number of pyridine rings is 2. The molecule has 0 saturated carbocycles. The number of aromatic nitrogens is 5. The Hall–Kier alpha value is -4.35. The number of ether oxygens (including phenoxy) is 1. The zero-order valence-electron chi connectivity index (χ0n) is 20.2. The number of piperidine rings is 1. The Kier molecular flexibility index (Phi) is 7.83. The smallest absolute Gasteiger partial charge is 0.326 e. The van der Waals surface area contributed by atoms with Gasteiger partial charge in [-0.2, -0.15) is 0 Å². The number of nitrogens with zero attached hydrogens (tertiary/aromatic N) is 6. The number of anilines is 2. The van der Waals surface area contributed by atoms with E-state index in [0.717, 1.165) is 32.4 Å². The maximum Gasteiger partial charge on any atom is 0.326 e. The van der Waals surface area contributed by atoms with Gasteiger partial charge in [-0.05, 0) is 50.5 Å². The van der Waals surface area contributed by atoms with Gasteiger partial charge >= 0.3 is 12.0 Å². The molecule has 1 atom stereocenters. The van der Waals surface area contributed by atoms with Crippen molar-refractivity contribution in [2.45, 2.75) is 39.2 Å². The standard InChI is InChI=1S/C24H28N8O4/c1-16(14-36-17(2)33)32-15-26-30-22(32)19-7-6-8-20(27-19)28-24(35)29-21-13-18(9-10-25-21)23(34)31-11-4-3-5-12-31/h6-10,13,15-16H,3-5,11-12,14H2,1-2H3,(H2,25,27,28,29,35)/t16-/m1/s1. The molecule has 1 saturated heterocycles. The van der Waals surface area contributed by atoms with Crippen LogP contribution in [0, 0.1) is 0 Å². The summed E-state index contributed by atoms with van der Waals surface area (Å²) in [7, 11) is 0. The zero-order chi connectivity index (χ0) is 25.5. The van der Waals surface area contributed by atoms with Gasteiger partial charge in [-0.1, -0.05) is 6.07 Å². The Balaban J connectivity index is 1.41. The van der Waals surface area contributed by atoms with E-state index in [-0.39, 0.29) is 36.2 Å². The third-order valence-corrected chi connectivity index (χ3v) is 5.69. The predicted molar refractivity (Wildman–Crippen MR) is 131 cm³/mol. The van der Waals surface area contributed by atoms with Crippen LogP contribution in [0.3, 0.4) is 0 Å². The van der Waals surface area contributed by atoms with Gasteiger partial charge < -0.3 is 14.2 Å². The van der Waals surface area contributed by atoms with E-state index < -0.39 is 6.03 Å². The van der Waals surface area contributed by atoms with Gasteiger partial charge in [-0.15, -0.1) is 10.2 Å². The van der Waals surface area contributed by atoms with Crippen molar-refractivity contribution >= 4 is 29.5 Å². The van der Waals surface area contributed by atoms with E-state index >= 15 is 0 Å². The van der Waals surface area contributed by atoms with Crippen molar-refractivity contribution in [1.82, 2.24) is 29.6 Å². The number of carbonyl (C=O) groups is 3. The number of carbonyl (C=O) groups excluding carboxylic acids is 3. The van der Waals surface area contributed by atoms with E-state index in [1.54, 1.807) is 34.9 Å². The Bertz CT molecular complexity index is 1240. The Morgan fingerprint density at radius 1 is 1.08 bits per heavy atom. The second kappa shape index (κ2) is 11.4. The zero-order valence-corrected chi connectivity index (χ0v) is 20.2. The molecule has 0 unspecified atom stereocenters. The summed E-state index contributed by atoms with van der Waals surface area (Å²) in [5, 5.41) is 13.4. The number of likely N-dealkylation sites (tertiary alicyclic amines) is 1. The number of rotatable bonds is 7. The molecule has 1 fully saturated rings. The second-order valence-corrected chi connectivity index (χ2v) is 8.48. The molecule has 1 aliphatic heterocycles. The van der Waals surface area contributed by atoms with Crippen molar-refractivity contribution in [2.24, 2.45) is 0 Å². The van der Waals surface area contributed by atoms with Crippen LogP contribution in [0.1, 0.15) is 49.5 Å². The summed E-state index contributed by atoms with van der Waals surface area (Å²) in [6, 6.07) is 7.53. The summed E-state index contributed by atoms with van der Waals surface area (Å²) >= 11 is 0. The van der Waals surface area contributed by atoms with Crippen LogP contribution in [0.25, 0.3) is 11.5 Å². The molecule has 0 bridgehead atoms. The number of nitrogens with one attached hydrogen (secondary N) is 2. The lowest BCUT2D eigenvalue weighted by Crippen LogP contribution is -2.35. The van der Waals surface area contributed by atoms with Crippen LogP contribution in [0.5, 0.6) is 0 Å². The monoisotopic (exact) mass is 492 g/mol. The number of amides is 3. The molecular formula is C24H28N8O4. The molecule has 1 aliphatic rings. The number of hydrogen-bond acceptors (Lipinski definition) is 8. The minimum Gasteiger partial charge on any atom is -0.464 e. The molecule has 4 rings (SSSR count). The molecule has 188 valence electrons. The minimum absolute atomic E-state index is 0.0676. The summed E-state index contributed by atoms with van der Waals surface area (Å²) in [5.41, 5.74) is 0.955. The van der Waals surface area contributed by atoms with Gasteiger partial charge in [-0.25, -0.2) is 14.8 Å². The molecule has 0 aliphatic carbocycles. The first kappa shape index (κ1) is 24.8. The molecule has 3 aromatic rings. The van der Waals surface area contributed by atoms with Crippen LogP contribution in [0.15, 0.2) is 42.9 Å². The predicted octanol–water partition coefficient (Wildman–Crippen LogP) is 3.13. The average molecular weight is 493 g/mol. The Labute approximate surface area is 208 Å². The van der Waals surface area contributed by atoms with Crippen molar-refractivity contribution < 1.29 is 19.1 Å². The maximum atomic E-state index is 12.8. The van der Waals surface area contributed by atoms with Crippen LogP contribution in [-0.2, 0) is 9.53 Å². The van der Waals surface area contributed by atoms with E-state index in [2.05, 4.69) is 30.8 Å². The molecule has 12 nitrogen and oxygen atoms in total. The Morgan fingerprint density at radius 3 is 2.64 bits per heavy atom. The topological polar surface area (TPSA) is 144 Å². The lowest BCUT2D eigenvalue weighted by atomic mass is 10.1. The molecule has 0 aromatic carbocycles. The van der Waals surface area contributed by atoms with Crippen molar-refractivity contribution in [3.8, 4) is 11.5 Å². The van der Waals surface area contributed by atoms with E-state index in [9.17, 15) is 14.4 Å². The summed E-state index contributed by atoms with van der Waals surface area (Å²) in [4.78, 5) is 46.9. The fraction of sp³-hybridized carbons (Fsp3) is 0.375. The fourth-order valence-corrected chi connectivity index (χ4v) is 3.87. The molecule has 4 heterocycles. The van der Waals surface area contributed by atoms with Gasteiger partial charge in [0.25, 0.3) is 5.91 Å². The van der Waals surface area contributed by atoms with Crippen molar-refractivity contribution in [3.63, 3.8) is 0 Å². The Morgan fingerprint density at radius 2 is 1.86 bits per heavy atom. The summed E-state index contributed by atoms with van der Waals surface area (Å²) in [6.45, 7) is 4.85. The minimum atomic E-state index is -0.556. The largest absolute Gasteiger partial charge is 0.464 e. The molecular weight excluding hydrogens is 464 g/mol. The highest BCUT2D eigenvalue weighted by atomic mass is 16.5. The first-order valence-corrected chi connectivity index (χ1v) is 11.7. The maximum absolute atomic E-state index is 12.8. The molecule has 0 radical (unpaired) electrons. The molecule has 12 heteroatoms. The summed E-state index contributed by atoms with van der Waals surface area (Å²) in [5.74, 6) is 0.562. The van der Waals surface area contributed by atoms with Crippen molar-refractivity contribution in [2.75, 3.05) is 30.3 Å². The van der Waals surface area contributed by atoms with Crippen LogP contribution in [-0.4, -0.2) is 67.2 Å². The molecule has 3 amide bonds. The third kappa shape index (κ3) is 6.20. The first-order valence-electron chi connectivity index (χ1n) is 11.7. The van der Waals surface area contributed by atoms with Gasteiger partial charge in [0.15, 0.2) is 5.82 Å². The average Bonchev–Trinajstić information content (AvgIpc) is 3.38. The highest BCUT2D eigenvalue weighted by Crippen LogP contribution is 2.21. The van der Waals surface area contributed by atoms with Crippen molar-refractivity contribution in [3.05, 3.63) is 48.4 Å². The quantitative estimate of drug-likeness (QED) is 0.479. The van der Waals surface area contributed by atoms with Crippen LogP contribution in [0.2, 0.25) is 0 Å². The van der Waals surface area contributed by atoms with Gasteiger partial charge in [0.2, 0.25) is 0 Å². The van der Waals surface area contributed by atoms with E-state index in [4.69, 9.17) is 4.74 Å². The van der Waals surface area contributed by atoms with E-state index in [0.29, 0.717) is 17.1 Å². The lowest BCUT2D eigenvalue weighted by molar-refractivity contribution is -0.141. The highest BCUT2D eigenvalue weighted by molar-refractivity contribution is 6.00. The molecule has 36 heavy (non-hydrogen) atoms. The number of esters is 1. The van der Waals surface area contributed by atoms with Gasteiger partial charge in [-0.3, -0.25) is 20.2 Å². The van der Waals surface area contributed by atoms with E-state index in [1.165, 1.54) is 19.4 Å². The summed E-state index contributed by atoms with van der Waals surface area (Å²) in [6.07, 6.45) is 6.15. The first-order chi connectivity index (χ1) is 17.4. The fourth-order valence-electron chi connectivity index (χ4n) is 3.87.